The maximum atomic E-state index is 11.8. The average molecular weight is 271 g/mol. The Labute approximate surface area is 115 Å². The molecule has 0 bridgehead atoms. The van der Waals surface area contributed by atoms with Gasteiger partial charge in [0.2, 0.25) is 0 Å². The fourth-order valence-corrected chi connectivity index (χ4v) is 1.53. The van der Waals surface area contributed by atoms with Gasteiger partial charge in [-0.25, -0.2) is 0 Å². The lowest BCUT2D eigenvalue weighted by Crippen LogP contribution is -2.35. The molecule has 20 heavy (non-hydrogen) atoms. The molecule has 0 atom stereocenters. The number of aromatic nitrogens is 1. The molecule has 0 spiro atoms. The Hall–Kier alpha value is -3.02. The summed E-state index contributed by atoms with van der Waals surface area (Å²) in [5, 5.41) is 19.0. The zero-order valence-corrected chi connectivity index (χ0v) is 10.5. The van der Waals surface area contributed by atoms with E-state index in [0.717, 1.165) is 0 Å². The number of hydrazine groups is 1. The van der Waals surface area contributed by atoms with Crippen molar-refractivity contribution in [3.63, 3.8) is 0 Å². The largest absolute Gasteiger partial charge is 0.508 e. The normalized spacial score (nSPS) is 9.80. The van der Waals surface area contributed by atoms with Crippen LogP contribution in [0.15, 0.2) is 49.3 Å². The Morgan fingerprint density at radius 2 is 2.00 bits per heavy atom. The molecule has 0 aliphatic carbocycles. The third-order valence-corrected chi connectivity index (χ3v) is 2.56. The summed E-state index contributed by atoms with van der Waals surface area (Å²) in [6, 6.07) is 7.27. The molecule has 0 fully saturated rings. The van der Waals surface area contributed by atoms with Crippen LogP contribution < -0.4 is 10.9 Å². The first kappa shape index (κ1) is 13.4. The summed E-state index contributed by atoms with van der Waals surface area (Å²) in [4.78, 5) is 15.6. The summed E-state index contributed by atoms with van der Waals surface area (Å²) in [6.45, 7) is 3.68. The highest BCUT2D eigenvalue weighted by atomic mass is 16.3. The number of aromatic hydroxyl groups is 2. The van der Waals surface area contributed by atoms with Crippen molar-refractivity contribution in [1.82, 2.24) is 15.8 Å². The Kier molecular flexibility index (Phi) is 3.85. The predicted molar refractivity (Wildman–Crippen MR) is 73.6 cm³/mol. The molecule has 0 saturated carbocycles. The minimum Gasteiger partial charge on any atom is -0.508 e. The second-order valence-corrected chi connectivity index (χ2v) is 4.00. The van der Waals surface area contributed by atoms with Crippen LogP contribution in [0.1, 0.15) is 15.9 Å². The molecule has 2 aromatic rings. The van der Waals surface area contributed by atoms with E-state index in [2.05, 4.69) is 22.4 Å². The molecule has 1 aromatic heterocycles. The van der Waals surface area contributed by atoms with Gasteiger partial charge >= 0.3 is 0 Å². The molecule has 0 saturated heterocycles. The Balaban J connectivity index is 2.02. The smallest absolute Gasteiger partial charge is 0.271 e. The van der Waals surface area contributed by atoms with Crippen LogP contribution in [0.3, 0.4) is 0 Å². The average Bonchev–Trinajstić information content (AvgIpc) is 2.47. The molecule has 1 heterocycles. The molecule has 0 radical (unpaired) electrons. The van der Waals surface area contributed by atoms with Crippen molar-refractivity contribution in [3.05, 3.63) is 60.4 Å². The zero-order chi connectivity index (χ0) is 14.5. The van der Waals surface area contributed by atoms with Crippen molar-refractivity contribution in [2.45, 2.75) is 0 Å². The number of pyridine rings is 1. The maximum Gasteiger partial charge on any atom is 0.271 e. The van der Waals surface area contributed by atoms with Gasteiger partial charge in [-0.15, -0.1) is 0 Å². The summed E-state index contributed by atoms with van der Waals surface area (Å²) in [6.07, 6.45) is 2.99. The van der Waals surface area contributed by atoms with Gasteiger partial charge in [0.1, 0.15) is 11.5 Å². The van der Waals surface area contributed by atoms with E-state index >= 15 is 0 Å². The number of nitrogens with one attached hydrogen (secondary N) is 2. The molecule has 102 valence electrons. The highest BCUT2D eigenvalue weighted by Gasteiger charge is 2.09. The number of nitrogens with zero attached hydrogens (tertiary/aromatic N) is 1. The van der Waals surface area contributed by atoms with Gasteiger partial charge in [0.15, 0.2) is 0 Å². The Bertz CT molecular complexity index is 641. The van der Waals surface area contributed by atoms with Gasteiger partial charge in [-0.05, 0) is 30.3 Å². The number of phenols is 2. The molecule has 1 aromatic carbocycles. The fraction of sp³-hybridized carbons (Fsp3) is 0. The number of benzene rings is 1. The first-order valence-corrected chi connectivity index (χ1v) is 5.75. The number of hydrogen-bond acceptors (Lipinski definition) is 5. The lowest BCUT2D eigenvalue weighted by molar-refractivity contribution is 0.0942. The van der Waals surface area contributed by atoms with Gasteiger partial charge in [-0.1, -0.05) is 6.58 Å². The molecule has 0 aliphatic rings. The molecule has 4 N–H and O–H groups in total. The van der Waals surface area contributed by atoms with E-state index < -0.39 is 0 Å². The van der Waals surface area contributed by atoms with Crippen LogP contribution in [0.4, 0.5) is 0 Å². The van der Waals surface area contributed by atoms with E-state index in [1.807, 2.05) is 0 Å². The van der Waals surface area contributed by atoms with E-state index in [9.17, 15) is 15.0 Å². The van der Waals surface area contributed by atoms with Gasteiger partial charge in [0.05, 0.1) is 11.3 Å². The van der Waals surface area contributed by atoms with Gasteiger partial charge in [-0.3, -0.25) is 20.6 Å². The topological polar surface area (TPSA) is 94.5 Å². The fourth-order valence-electron chi connectivity index (χ4n) is 1.53. The standard InChI is InChI=1S/C14H13N3O3/c1-9(12-7-11(18)4-5-13(12)19)16-17-14(20)10-3-2-6-15-8-10/h2-8,16,18-19H,1H2,(H,17,20). The van der Waals surface area contributed by atoms with Crippen molar-refractivity contribution in [3.8, 4) is 11.5 Å². The van der Waals surface area contributed by atoms with E-state index in [0.29, 0.717) is 5.56 Å². The van der Waals surface area contributed by atoms with Gasteiger partial charge < -0.3 is 10.2 Å². The highest BCUT2D eigenvalue weighted by Crippen LogP contribution is 2.26. The molecule has 6 nitrogen and oxygen atoms in total. The first-order valence-electron chi connectivity index (χ1n) is 5.75. The SMILES string of the molecule is C=C(NNC(=O)c1cccnc1)c1cc(O)ccc1O. The summed E-state index contributed by atoms with van der Waals surface area (Å²) in [7, 11) is 0. The van der Waals surface area contributed by atoms with Crippen LogP contribution in [-0.4, -0.2) is 21.1 Å². The second-order valence-electron chi connectivity index (χ2n) is 4.00. The monoisotopic (exact) mass is 271 g/mol. The zero-order valence-electron chi connectivity index (χ0n) is 10.5. The summed E-state index contributed by atoms with van der Waals surface area (Å²) in [5.74, 6) is -0.464. The Morgan fingerprint density at radius 3 is 2.70 bits per heavy atom. The first-order chi connectivity index (χ1) is 9.58. The van der Waals surface area contributed by atoms with E-state index in [-0.39, 0.29) is 28.7 Å². The van der Waals surface area contributed by atoms with Crippen molar-refractivity contribution in [2.75, 3.05) is 0 Å². The van der Waals surface area contributed by atoms with Crippen LogP contribution in [0, 0.1) is 0 Å². The van der Waals surface area contributed by atoms with Crippen LogP contribution in [0.25, 0.3) is 5.70 Å². The lowest BCUT2D eigenvalue weighted by atomic mass is 10.1. The Morgan fingerprint density at radius 1 is 1.20 bits per heavy atom. The third kappa shape index (κ3) is 3.05. The second kappa shape index (κ2) is 5.75. The van der Waals surface area contributed by atoms with Gasteiger partial charge in [-0.2, -0.15) is 0 Å². The van der Waals surface area contributed by atoms with E-state index in [1.54, 1.807) is 18.3 Å². The molecule has 6 heteroatoms. The molecule has 2 rings (SSSR count). The number of amides is 1. The third-order valence-electron chi connectivity index (χ3n) is 2.56. The minimum atomic E-state index is -0.390. The van der Waals surface area contributed by atoms with Crippen molar-refractivity contribution in [1.29, 1.82) is 0 Å². The predicted octanol–water partition coefficient (Wildman–Crippen LogP) is 1.40. The highest BCUT2D eigenvalue weighted by molar-refractivity contribution is 5.94. The summed E-state index contributed by atoms with van der Waals surface area (Å²) in [5.41, 5.74) is 5.91. The molecule has 1 amide bonds. The molecule has 0 unspecified atom stereocenters. The van der Waals surface area contributed by atoms with Crippen LogP contribution in [-0.2, 0) is 0 Å². The number of rotatable bonds is 4. The molecule has 0 aliphatic heterocycles. The van der Waals surface area contributed by atoms with Crippen LogP contribution >= 0.6 is 0 Å². The number of carbonyl (C=O) groups excluding carboxylic acids is 1. The lowest BCUT2D eigenvalue weighted by Gasteiger charge is -2.12. The van der Waals surface area contributed by atoms with E-state index in [1.165, 1.54) is 24.4 Å². The molecular weight excluding hydrogens is 258 g/mol. The number of phenolic OH excluding ortho intramolecular Hbond substituents is 2. The van der Waals surface area contributed by atoms with Crippen LogP contribution in [0.5, 0.6) is 11.5 Å². The quantitative estimate of drug-likeness (QED) is 0.498. The molecular formula is C14H13N3O3. The van der Waals surface area contributed by atoms with Gasteiger partial charge in [0.25, 0.3) is 5.91 Å². The van der Waals surface area contributed by atoms with Crippen molar-refractivity contribution < 1.29 is 15.0 Å². The van der Waals surface area contributed by atoms with Gasteiger partial charge in [0, 0.05) is 18.0 Å². The summed E-state index contributed by atoms with van der Waals surface area (Å²) < 4.78 is 0. The van der Waals surface area contributed by atoms with Crippen molar-refractivity contribution in [2.24, 2.45) is 0 Å². The van der Waals surface area contributed by atoms with Crippen molar-refractivity contribution >= 4 is 11.6 Å². The summed E-state index contributed by atoms with van der Waals surface area (Å²) >= 11 is 0. The maximum absolute atomic E-state index is 11.8. The minimum absolute atomic E-state index is 0.0145. The number of hydrogen-bond donors (Lipinski definition) is 4. The number of carbonyl (C=O) groups is 1. The van der Waals surface area contributed by atoms with E-state index in [4.69, 9.17) is 0 Å². The van der Waals surface area contributed by atoms with Crippen LogP contribution in [0.2, 0.25) is 0 Å².